The number of nitrogens with zero attached hydrogens (tertiary/aromatic N) is 3. The van der Waals surface area contributed by atoms with Crippen LogP contribution >= 0.6 is 0 Å². The van der Waals surface area contributed by atoms with Gasteiger partial charge in [-0.25, -0.2) is 0 Å². The van der Waals surface area contributed by atoms with Crippen molar-refractivity contribution in [2.24, 2.45) is 5.73 Å². The Balaban J connectivity index is 1.37. The van der Waals surface area contributed by atoms with Gasteiger partial charge in [0.2, 0.25) is 0 Å². The van der Waals surface area contributed by atoms with E-state index in [0.29, 0.717) is 38.7 Å². The third-order valence-corrected chi connectivity index (χ3v) is 4.79. The van der Waals surface area contributed by atoms with E-state index in [9.17, 15) is 4.79 Å². The van der Waals surface area contributed by atoms with Gasteiger partial charge in [-0.05, 0) is 25.0 Å². The fourth-order valence-electron chi connectivity index (χ4n) is 3.38. The van der Waals surface area contributed by atoms with Gasteiger partial charge in [-0.15, -0.1) is 0 Å². The standard InChI is InChI=1S/C17H22N4O3/c18-11-12-5-6-15(23-12)16(22)20-7-9-21(10-8-20)17-19-13-3-1-2-4-14(13)24-17/h1-4,12,15H,5-11,18H2/t12-,15+/m1/s1. The molecule has 0 aliphatic carbocycles. The molecule has 7 nitrogen and oxygen atoms in total. The van der Waals surface area contributed by atoms with Crippen molar-refractivity contribution in [2.45, 2.75) is 25.0 Å². The molecule has 0 unspecified atom stereocenters. The number of nitrogens with two attached hydrogens (primary N) is 1. The largest absolute Gasteiger partial charge is 0.423 e. The van der Waals surface area contributed by atoms with Crippen LogP contribution in [0.3, 0.4) is 0 Å². The SMILES string of the molecule is NC[C@H]1CC[C@@H](C(=O)N2CCN(c3nc4ccccc4o3)CC2)O1. The van der Waals surface area contributed by atoms with E-state index in [0.717, 1.165) is 23.9 Å². The molecule has 1 aromatic heterocycles. The van der Waals surface area contributed by atoms with Gasteiger partial charge in [0.1, 0.15) is 11.6 Å². The Morgan fingerprint density at radius 2 is 2.00 bits per heavy atom. The van der Waals surface area contributed by atoms with E-state index in [1.165, 1.54) is 0 Å². The summed E-state index contributed by atoms with van der Waals surface area (Å²) in [7, 11) is 0. The summed E-state index contributed by atoms with van der Waals surface area (Å²) < 4.78 is 11.5. The fraction of sp³-hybridized carbons (Fsp3) is 0.529. The minimum Gasteiger partial charge on any atom is -0.423 e. The van der Waals surface area contributed by atoms with Crippen LogP contribution in [0.2, 0.25) is 0 Å². The van der Waals surface area contributed by atoms with Crippen LogP contribution in [-0.4, -0.2) is 60.7 Å². The second kappa shape index (κ2) is 6.41. The number of oxazole rings is 1. The van der Waals surface area contributed by atoms with E-state index in [1.807, 2.05) is 29.2 Å². The van der Waals surface area contributed by atoms with Crippen molar-refractivity contribution >= 4 is 23.0 Å². The summed E-state index contributed by atoms with van der Waals surface area (Å²) in [5.74, 6) is 0.0863. The molecule has 0 radical (unpaired) electrons. The number of carbonyl (C=O) groups is 1. The molecule has 2 fully saturated rings. The minimum atomic E-state index is -0.325. The molecule has 1 amide bonds. The Hall–Kier alpha value is -2.12. The zero-order valence-electron chi connectivity index (χ0n) is 13.6. The van der Waals surface area contributed by atoms with Gasteiger partial charge in [-0.2, -0.15) is 4.98 Å². The molecule has 128 valence electrons. The molecule has 1 aromatic carbocycles. The molecule has 2 atom stereocenters. The fourth-order valence-corrected chi connectivity index (χ4v) is 3.38. The number of ether oxygens (including phenoxy) is 1. The molecule has 0 spiro atoms. The summed E-state index contributed by atoms with van der Waals surface area (Å²) >= 11 is 0. The van der Waals surface area contributed by atoms with Gasteiger partial charge >= 0.3 is 0 Å². The summed E-state index contributed by atoms with van der Waals surface area (Å²) in [5, 5.41) is 0. The first kappa shape index (κ1) is 15.4. The summed E-state index contributed by atoms with van der Waals surface area (Å²) in [4.78, 5) is 21.0. The quantitative estimate of drug-likeness (QED) is 0.903. The van der Waals surface area contributed by atoms with E-state index < -0.39 is 0 Å². The van der Waals surface area contributed by atoms with Gasteiger partial charge in [-0.1, -0.05) is 12.1 Å². The smallest absolute Gasteiger partial charge is 0.298 e. The second-order valence-corrected chi connectivity index (χ2v) is 6.34. The molecule has 2 aliphatic rings. The number of fused-ring (bicyclic) bond motifs is 1. The Morgan fingerprint density at radius 1 is 1.21 bits per heavy atom. The summed E-state index contributed by atoms with van der Waals surface area (Å²) in [5.41, 5.74) is 7.26. The average molecular weight is 330 g/mol. The Bertz CT molecular complexity index is 690. The number of rotatable bonds is 3. The molecule has 4 rings (SSSR count). The van der Waals surface area contributed by atoms with E-state index in [2.05, 4.69) is 9.88 Å². The van der Waals surface area contributed by atoms with E-state index in [1.54, 1.807) is 0 Å². The number of amides is 1. The monoisotopic (exact) mass is 330 g/mol. The highest BCUT2D eigenvalue weighted by atomic mass is 16.5. The molecular weight excluding hydrogens is 308 g/mol. The number of anilines is 1. The molecule has 2 saturated heterocycles. The van der Waals surface area contributed by atoms with Crippen molar-refractivity contribution in [3.63, 3.8) is 0 Å². The number of carbonyl (C=O) groups excluding carboxylic acids is 1. The third-order valence-electron chi connectivity index (χ3n) is 4.79. The lowest BCUT2D eigenvalue weighted by atomic mass is 10.1. The summed E-state index contributed by atoms with van der Waals surface area (Å²) in [6, 6.07) is 8.36. The topological polar surface area (TPSA) is 84.8 Å². The molecule has 2 aromatic rings. The number of benzene rings is 1. The number of piperazine rings is 1. The van der Waals surface area contributed by atoms with Crippen molar-refractivity contribution in [2.75, 3.05) is 37.6 Å². The lowest BCUT2D eigenvalue weighted by Crippen LogP contribution is -2.51. The van der Waals surface area contributed by atoms with Crippen LogP contribution in [0.4, 0.5) is 6.01 Å². The number of aromatic nitrogens is 1. The van der Waals surface area contributed by atoms with Crippen LogP contribution in [-0.2, 0) is 9.53 Å². The maximum Gasteiger partial charge on any atom is 0.298 e. The highest BCUT2D eigenvalue weighted by Gasteiger charge is 2.34. The second-order valence-electron chi connectivity index (χ2n) is 6.34. The first-order chi connectivity index (χ1) is 11.7. The van der Waals surface area contributed by atoms with Gasteiger partial charge in [0, 0.05) is 32.7 Å². The summed E-state index contributed by atoms with van der Waals surface area (Å²) in [6.07, 6.45) is 1.34. The van der Waals surface area contributed by atoms with Crippen molar-refractivity contribution in [1.82, 2.24) is 9.88 Å². The van der Waals surface area contributed by atoms with Crippen LogP contribution in [0.15, 0.2) is 28.7 Å². The molecule has 24 heavy (non-hydrogen) atoms. The van der Waals surface area contributed by atoms with Crippen molar-refractivity contribution in [3.05, 3.63) is 24.3 Å². The first-order valence-corrected chi connectivity index (χ1v) is 8.49. The predicted molar refractivity (Wildman–Crippen MR) is 89.8 cm³/mol. The van der Waals surface area contributed by atoms with Crippen LogP contribution in [0.25, 0.3) is 11.1 Å². The van der Waals surface area contributed by atoms with Crippen molar-refractivity contribution < 1.29 is 13.9 Å². The Kier molecular flexibility index (Phi) is 4.12. The molecule has 0 bridgehead atoms. The lowest BCUT2D eigenvalue weighted by Gasteiger charge is -2.35. The number of para-hydroxylation sites is 2. The van der Waals surface area contributed by atoms with Crippen LogP contribution < -0.4 is 10.6 Å². The van der Waals surface area contributed by atoms with Gasteiger partial charge in [0.15, 0.2) is 5.58 Å². The predicted octanol–water partition coefficient (Wildman–Crippen LogP) is 0.983. The molecule has 3 heterocycles. The maximum atomic E-state index is 12.5. The van der Waals surface area contributed by atoms with Gasteiger partial charge < -0.3 is 24.7 Å². The van der Waals surface area contributed by atoms with Crippen LogP contribution in [0.1, 0.15) is 12.8 Å². The first-order valence-electron chi connectivity index (χ1n) is 8.49. The molecule has 0 saturated carbocycles. The van der Waals surface area contributed by atoms with Crippen molar-refractivity contribution in [1.29, 1.82) is 0 Å². The van der Waals surface area contributed by atoms with Crippen LogP contribution in [0.5, 0.6) is 0 Å². The average Bonchev–Trinajstić information content (AvgIpc) is 3.28. The molecule has 2 N–H and O–H groups in total. The number of hydrogen-bond donors (Lipinski definition) is 1. The molecule has 2 aliphatic heterocycles. The van der Waals surface area contributed by atoms with E-state index in [-0.39, 0.29) is 18.1 Å². The third kappa shape index (κ3) is 2.85. The van der Waals surface area contributed by atoms with E-state index in [4.69, 9.17) is 14.9 Å². The summed E-state index contributed by atoms with van der Waals surface area (Å²) in [6.45, 7) is 3.22. The zero-order chi connectivity index (χ0) is 16.5. The maximum absolute atomic E-state index is 12.5. The molecule has 7 heteroatoms. The Labute approximate surface area is 140 Å². The highest BCUT2D eigenvalue weighted by molar-refractivity contribution is 5.81. The number of hydrogen-bond acceptors (Lipinski definition) is 6. The van der Waals surface area contributed by atoms with Gasteiger partial charge in [-0.3, -0.25) is 4.79 Å². The normalized spacial score (nSPS) is 24.7. The van der Waals surface area contributed by atoms with E-state index >= 15 is 0 Å². The van der Waals surface area contributed by atoms with Gasteiger partial charge in [0.05, 0.1) is 6.10 Å². The zero-order valence-corrected chi connectivity index (χ0v) is 13.6. The van der Waals surface area contributed by atoms with Crippen molar-refractivity contribution in [3.8, 4) is 0 Å². The highest BCUT2D eigenvalue weighted by Crippen LogP contribution is 2.24. The van der Waals surface area contributed by atoms with Crippen LogP contribution in [0, 0.1) is 0 Å². The lowest BCUT2D eigenvalue weighted by molar-refractivity contribution is -0.143. The minimum absolute atomic E-state index is 0.0278. The Morgan fingerprint density at radius 3 is 2.71 bits per heavy atom. The van der Waals surface area contributed by atoms with Gasteiger partial charge in [0.25, 0.3) is 11.9 Å². The molecular formula is C17H22N4O3.